The molecule has 2 aromatic carbocycles. The van der Waals surface area contributed by atoms with Crippen LogP contribution in [-0.2, 0) is 11.3 Å². The highest BCUT2D eigenvalue weighted by atomic mass is 16.6. The zero-order chi connectivity index (χ0) is 16.8. The van der Waals surface area contributed by atoms with Crippen LogP contribution < -0.4 is 5.32 Å². The van der Waals surface area contributed by atoms with E-state index < -0.39 is 4.92 Å². The molecule has 0 spiro atoms. The Balaban J connectivity index is 1.86. The fraction of sp³-hybridized carbons (Fsp3) is 0.235. The van der Waals surface area contributed by atoms with Crippen molar-refractivity contribution in [3.63, 3.8) is 0 Å². The third-order valence-corrected chi connectivity index (χ3v) is 3.35. The van der Waals surface area contributed by atoms with Crippen LogP contribution in [0.2, 0.25) is 0 Å². The molecule has 0 aliphatic heterocycles. The second-order valence-electron chi connectivity index (χ2n) is 5.51. The largest absolute Gasteiger partial charge is 0.325 e. The number of rotatable bonds is 6. The van der Waals surface area contributed by atoms with Gasteiger partial charge >= 0.3 is 0 Å². The van der Waals surface area contributed by atoms with Gasteiger partial charge in [-0.15, -0.1) is 0 Å². The normalized spacial score (nSPS) is 10.6. The molecule has 0 saturated carbocycles. The lowest BCUT2D eigenvalue weighted by atomic mass is 10.2. The van der Waals surface area contributed by atoms with E-state index in [0.717, 1.165) is 16.8 Å². The van der Waals surface area contributed by atoms with Crippen LogP contribution in [0.4, 0.5) is 11.4 Å². The molecular weight excluding hydrogens is 294 g/mol. The predicted molar refractivity (Wildman–Crippen MR) is 89.2 cm³/mol. The topological polar surface area (TPSA) is 75.5 Å². The zero-order valence-electron chi connectivity index (χ0n) is 13.2. The van der Waals surface area contributed by atoms with Gasteiger partial charge in [0.05, 0.1) is 11.5 Å². The maximum atomic E-state index is 12.0. The summed E-state index contributed by atoms with van der Waals surface area (Å²) >= 11 is 0. The fourth-order valence-electron chi connectivity index (χ4n) is 2.17. The van der Waals surface area contributed by atoms with Crippen molar-refractivity contribution in [1.82, 2.24) is 4.90 Å². The summed E-state index contributed by atoms with van der Waals surface area (Å²) in [4.78, 5) is 24.0. The number of aryl methyl sites for hydroxylation is 1. The summed E-state index contributed by atoms with van der Waals surface area (Å²) in [7, 11) is 1.83. The highest BCUT2D eigenvalue weighted by Gasteiger charge is 2.09. The standard InChI is InChI=1S/C17H19N3O3/c1-13-3-7-15(8-4-13)18-17(21)12-19(2)11-14-5-9-16(10-6-14)20(22)23/h3-10H,11-12H2,1-2H3,(H,18,21). The number of non-ortho nitro benzene ring substituents is 1. The van der Waals surface area contributed by atoms with Gasteiger partial charge in [-0.1, -0.05) is 29.8 Å². The summed E-state index contributed by atoms with van der Waals surface area (Å²) in [5.74, 6) is -0.0988. The molecule has 120 valence electrons. The Morgan fingerprint density at radius 3 is 2.30 bits per heavy atom. The Kier molecular flexibility index (Phi) is 5.43. The van der Waals surface area contributed by atoms with Gasteiger partial charge in [0.2, 0.25) is 5.91 Å². The van der Waals surface area contributed by atoms with Crippen LogP contribution in [0.1, 0.15) is 11.1 Å². The third kappa shape index (κ3) is 5.19. The molecular formula is C17H19N3O3. The summed E-state index contributed by atoms with van der Waals surface area (Å²) in [6, 6.07) is 13.9. The van der Waals surface area contributed by atoms with E-state index >= 15 is 0 Å². The number of carbonyl (C=O) groups excluding carboxylic acids is 1. The molecule has 2 rings (SSSR count). The monoisotopic (exact) mass is 313 g/mol. The van der Waals surface area contributed by atoms with Crippen molar-refractivity contribution in [1.29, 1.82) is 0 Å². The molecule has 0 saturated heterocycles. The summed E-state index contributed by atoms with van der Waals surface area (Å²) in [6.07, 6.45) is 0. The number of amides is 1. The molecule has 1 N–H and O–H groups in total. The van der Waals surface area contributed by atoms with Crippen molar-refractivity contribution in [2.45, 2.75) is 13.5 Å². The Bertz CT molecular complexity index is 681. The van der Waals surface area contributed by atoms with Crippen LogP contribution in [0, 0.1) is 17.0 Å². The van der Waals surface area contributed by atoms with Gasteiger partial charge in [-0.3, -0.25) is 19.8 Å². The molecule has 0 aromatic heterocycles. The van der Waals surface area contributed by atoms with Crippen LogP contribution in [-0.4, -0.2) is 29.3 Å². The van der Waals surface area contributed by atoms with Crippen molar-refractivity contribution < 1.29 is 9.72 Å². The lowest BCUT2D eigenvalue weighted by Gasteiger charge is -2.16. The van der Waals surface area contributed by atoms with Gasteiger partial charge in [-0.25, -0.2) is 0 Å². The molecule has 2 aromatic rings. The number of hydrogen-bond donors (Lipinski definition) is 1. The van der Waals surface area contributed by atoms with Crippen molar-refractivity contribution in [2.75, 3.05) is 18.9 Å². The van der Waals surface area contributed by atoms with E-state index in [2.05, 4.69) is 5.32 Å². The summed E-state index contributed by atoms with van der Waals surface area (Å²) in [5.41, 5.74) is 2.89. The number of nitrogens with zero attached hydrogens (tertiary/aromatic N) is 2. The molecule has 0 heterocycles. The molecule has 0 unspecified atom stereocenters. The van der Waals surface area contributed by atoms with Gasteiger partial charge in [0, 0.05) is 24.4 Å². The van der Waals surface area contributed by atoms with Gasteiger partial charge < -0.3 is 5.32 Å². The Morgan fingerprint density at radius 1 is 1.13 bits per heavy atom. The Hall–Kier alpha value is -2.73. The van der Waals surface area contributed by atoms with Crippen LogP contribution in [0.25, 0.3) is 0 Å². The first kappa shape index (κ1) is 16.6. The number of benzene rings is 2. The van der Waals surface area contributed by atoms with Crippen LogP contribution in [0.3, 0.4) is 0 Å². The van der Waals surface area contributed by atoms with Gasteiger partial charge in [0.1, 0.15) is 0 Å². The quantitative estimate of drug-likeness (QED) is 0.657. The maximum absolute atomic E-state index is 12.0. The molecule has 6 heteroatoms. The second-order valence-corrected chi connectivity index (χ2v) is 5.51. The average Bonchev–Trinajstić information content (AvgIpc) is 2.50. The summed E-state index contributed by atoms with van der Waals surface area (Å²) in [6.45, 7) is 2.77. The predicted octanol–water partition coefficient (Wildman–Crippen LogP) is 2.97. The third-order valence-electron chi connectivity index (χ3n) is 3.35. The minimum absolute atomic E-state index is 0.0634. The SMILES string of the molecule is Cc1ccc(NC(=O)CN(C)Cc2ccc([N+](=O)[O-])cc2)cc1. The van der Waals surface area contributed by atoms with Crippen LogP contribution >= 0.6 is 0 Å². The first-order chi connectivity index (χ1) is 10.9. The van der Waals surface area contributed by atoms with E-state index in [-0.39, 0.29) is 18.1 Å². The minimum Gasteiger partial charge on any atom is -0.325 e. The number of anilines is 1. The molecule has 0 aliphatic carbocycles. The van der Waals surface area contributed by atoms with E-state index in [1.807, 2.05) is 43.1 Å². The number of nitrogens with one attached hydrogen (secondary N) is 1. The van der Waals surface area contributed by atoms with E-state index in [1.165, 1.54) is 12.1 Å². The average molecular weight is 313 g/mol. The molecule has 23 heavy (non-hydrogen) atoms. The second kappa shape index (κ2) is 7.51. The van der Waals surface area contributed by atoms with Crippen molar-refractivity contribution in [2.24, 2.45) is 0 Å². The van der Waals surface area contributed by atoms with E-state index in [1.54, 1.807) is 12.1 Å². The highest BCUT2D eigenvalue weighted by Crippen LogP contribution is 2.13. The van der Waals surface area contributed by atoms with Crippen molar-refractivity contribution in [3.8, 4) is 0 Å². The smallest absolute Gasteiger partial charge is 0.269 e. The zero-order valence-corrected chi connectivity index (χ0v) is 13.2. The highest BCUT2D eigenvalue weighted by molar-refractivity contribution is 5.92. The Labute approximate surface area is 134 Å². The Morgan fingerprint density at radius 2 is 1.74 bits per heavy atom. The van der Waals surface area contributed by atoms with Crippen molar-refractivity contribution in [3.05, 3.63) is 69.8 Å². The molecule has 0 atom stereocenters. The van der Waals surface area contributed by atoms with Gasteiger partial charge in [-0.05, 0) is 31.7 Å². The van der Waals surface area contributed by atoms with Crippen LogP contribution in [0.15, 0.2) is 48.5 Å². The molecule has 0 fully saturated rings. The van der Waals surface area contributed by atoms with Crippen molar-refractivity contribution >= 4 is 17.3 Å². The summed E-state index contributed by atoms with van der Waals surface area (Å²) in [5, 5.41) is 13.5. The number of carbonyl (C=O) groups is 1. The minimum atomic E-state index is -0.428. The number of likely N-dealkylation sites (N-methyl/N-ethyl adjacent to an activating group) is 1. The lowest BCUT2D eigenvalue weighted by molar-refractivity contribution is -0.384. The van der Waals surface area contributed by atoms with E-state index in [0.29, 0.717) is 6.54 Å². The lowest BCUT2D eigenvalue weighted by Crippen LogP contribution is -2.29. The van der Waals surface area contributed by atoms with Gasteiger partial charge in [-0.2, -0.15) is 0 Å². The van der Waals surface area contributed by atoms with E-state index in [4.69, 9.17) is 0 Å². The summed E-state index contributed by atoms with van der Waals surface area (Å²) < 4.78 is 0. The number of hydrogen-bond acceptors (Lipinski definition) is 4. The number of nitro groups is 1. The molecule has 0 bridgehead atoms. The van der Waals surface area contributed by atoms with E-state index in [9.17, 15) is 14.9 Å². The first-order valence-electron chi connectivity index (χ1n) is 7.22. The van der Waals surface area contributed by atoms with Gasteiger partial charge in [0.25, 0.3) is 5.69 Å². The number of nitro benzene ring substituents is 1. The molecule has 6 nitrogen and oxygen atoms in total. The van der Waals surface area contributed by atoms with Crippen LogP contribution in [0.5, 0.6) is 0 Å². The molecule has 1 amide bonds. The fourth-order valence-corrected chi connectivity index (χ4v) is 2.17. The van der Waals surface area contributed by atoms with Gasteiger partial charge in [0.15, 0.2) is 0 Å². The molecule has 0 radical (unpaired) electrons. The maximum Gasteiger partial charge on any atom is 0.269 e. The molecule has 0 aliphatic rings. The first-order valence-corrected chi connectivity index (χ1v) is 7.22.